The van der Waals surface area contributed by atoms with Crippen molar-refractivity contribution in [2.45, 2.75) is 19.8 Å². The first-order valence-corrected chi connectivity index (χ1v) is 7.80. The highest BCUT2D eigenvalue weighted by Gasteiger charge is 2.10. The van der Waals surface area contributed by atoms with Crippen molar-refractivity contribution < 1.29 is 24.2 Å². The highest BCUT2D eigenvalue weighted by Crippen LogP contribution is 2.28. The number of aromatic carboxylic acids is 1. The predicted molar refractivity (Wildman–Crippen MR) is 94.2 cm³/mol. The van der Waals surface area contributed by atoms with Crippen molar-refractivity contribution in [1.82, 2.24) is 0 Å². The van der Waals surface area contributed by atoms with E-state index in [0.717, 1.165) is 0 Å². The number of esters is 1. The molecule has 0 bridgehead atoms. The van der Waals surface area contributed by atoms with Gasteiger partial charge in [0.25, 0.3) is 0 Å². The number of hydrogen-bond donors (Lipinski definition) is 1. The maximum absolute atomic E-state index is 11.6. The fourth-order valence-corrected chi connectivity index (χ4v) is 2.14. The Morgan fingerprint density at radius 3 is 2.60 bits per heavy atom. The van der Waals surface area contributed by atoms with Crippen molar-refractivity contribution >= 4 is 23.8 Å². The van der Waals surface area contributed by atoms with Crippen LogP contribution in [0.2, 0.25) is 0 Å². The number of carboxylic acid groups (broad SMARTS) is 1. The summed E-state index contributed by atoms with van der Waals surface area (Å²) in [7, 11) is 1.48. The molecule has 0 heterocycles. The minimum atomic E-state index is -1.04. The molecule has 0 spiro atoms. The molecule has 6 nitrogen and oxygen atoms in total. The maximum Gasteiger partial charge on any atom is 0.337 e. The van der Waals surface area contributed by atoms with Crippen LogP contribution >= 0.6 is 0 Å². The molecule has 0 atom stereocenters. The average Bonchev–Trinajstić information content (AvgIpc) is 2.61. The fourth-order valence-electron chi connectivity index (χ4n) is 2.14. The Morgan fingerprint density at radius 2 is 1.92 bits per heavy atom. The van der Waals surface area contributed by atoms with Gasteiger partial charge in [0.2, 0.25) is 0 Å². The van der Waals surface area contributed by atoms with E-state index < -0.39 is 5.97 Å². The van der Waals surface area contributed by atoms with Gasteiger partial charge in [0.05, 0.1) is 18.4 Å². The number of benzene rings is 2. The molecule has 0 aromatic heterocycles. The molecule has 2 rings (SSSR count). The highest BCUT2D eigenvalue weighted by atomic mass is 16.6. The van der Waals surface area contributed by atoms with Crippen molar-refractivity contribution in [1.29, 1.82) is 0 Å². The highest BCUT2D eigenvalue weighted by molar-refractivity contribution is 5.95. The molecule has 0 aliphatic rings. The van der Waals surface area contributed by atoms with Gasteiger partial charge in [-0.25, -0.2) is 4.79 Å². The maximum atomic E-state index is 11.6. The van der Waals surface area contributed by atoms with Crippen LogP contribution in [0.25, 0.3) is 0 Å². The largest absolute Gasteiger partial charge is 0.493 e. The topological polar surface area (TPSA) is 85.2 Å². The van der Waals surface area contributed by atoms with Gasteiger partial charge in [0, 0.05) is 12.6 Å². The lowest BCUT2D eigenvalue weighted by molar-refractivity contribution is -0.134. The van der Waals surface area contributed by atoms with E-state index in [4.69, 9.17) is 14.6 Å². The zero-order valence-corrected chi connectivity index (χ0v) is 14.1. The summed E-state index contributed by atoms with van der Waals surface area (Å²) >= 11 is 0. The van der Waals surface area contributed by atoms with Gasteiger partial charge in [-0.05, 0) is 42.3 Å². The number of carbonyl (C=O) groups excluding carboxylic acids is 1. The number of carboxylic acids is 1. The third-order valence-electron chi connectivity index (χ3n) is 3.35. The Balaban J connectivity index is 2.24. The molecule has 25 heavy (non-hydrogen) atoms. The van der Waals surface area contributed by atoms with Crippen LogP contribution in [0.15, 0.2) is 47.5 Å². The Morgan fingerprint density at radius 1 is 1.16 bits per heavy atom. The van der Waals surface area contributed by atoms with Gasteiger partial charge in [-0.2, -0.15) is 0 Å². The van der Waals surface area contributed by atoms with Crippen molar-refractivity contribution in [3.8, 4) is 11.5 Å². The second-order valence-electron chi connectivity index (χ2n) is 5.21. The van der Waals surface area contributed by atoms with Gasteiger partial charge in [0.1, 0.15) is 0 Å². The number of aliphatic imine (C=N–C) groups is 1. The molecule has 0 saturated heterocycles. The summed E-state index contributed by atoms with van der Waals surface area (Å²) in [6.45, 7) is 1.90. The first kappa shape index (κ1) is 18.2. The van der Waals surface area contributed by atoms with Crippen molar-refractivity contribution in [2.75, 3.05) is 7.11 Å². The lowest BCUT2D eigenvalue weighted by Gasteiger charge is -2.09. The second kappa shape index (κ2) is 8.63. The minimum absolute atomic E-state index is 0.121. The van der Waals surface area contributed by atoms with Gasteiger partial charge in [0.15, 0.2) is 11.5 Å². The van der Waals surface area contributed by atoms with Crippen LogP contribution in [-0.4, -0.2) is 30.4 Å². The average molecular weight is 341 g/mol. The van der Waals surface area contributed by atoms with E-state index in [2.05, 4.69) is 4.99 Å². The first-order valence-electron chi connectivity index (χ1n) is 7.80. The van der Waals surface area contributed by atoms with Crippen LogP contribution in [0, 0.1) is 0 Å². The minimum Gasteiger partial charge on any atom is -0.493 e. The van der Waals surface area contributed by atoms with Gasteiger partial charge < -0.3 is 14.6 Å². The van der Waals surface area contributed by atoms with E-state index in [1.165, 1.54) is 19.4 Å². The van der Waals surface area contributed by atoms with Crippen LogP contribution < -0.4 is 9.47 Å². The molecule has 130 valence electrons. The van der Waals surface area contributed by atoms with Crippen molar-refractivity contribution in [3.63, 3.8) is 0 Å². The first-order chi connectivity index (χ1) is 12.0. The van der Waals surface area contributed by atoms with Gasteiger partial charge >= 0.3 is 11.9 Å². The molecule has 1 N–H and O–H groups in total. The van der Waals surface area contributed by atoms with Crippen LogP contribution in [0.1, 0.15) is 35.7 Å². The molecule has 2 aromatic rings. The van der Waals surface area contributed by atoms with Gasteiger partial charge in [-0.15, -0.1) is 0 Å². The van der Waals surface area contributed by atoms with Crippen molar-refractivity contribution in [3.05, 3.63) is 53.6 Å². The zero-order valence-electron chi connectivity index (χ0n) is 14.1. The molecular weight excluding hydrogens is 322 g/mol. The van der Waals surface area contributed by atoms with Crippen LogP contribution in [-0.2, 0) is 4.79 Å². The number of nitrogens with zero attached hydrogens (tertiary/aromatic N) is 1. The lowest BCUT2D eigenvalue weighted by Crippen LogP contribution is -2.08. The summed E-state index contributed by atoms with van der Waals surface area (Å²) in [4.78, 5) is 27.0. The number of para-hydroxylation sites is 1. The van der Waals surface area contributed by atoms with E-state index in [1.54, 1.807) is 36.4 Å². The van der Waals surface area contributed by atoms with Crippen LogP contribution in [0.5, 0.6) is 11.5 Å². The molecule has 0 aliphatic carbocycles. The van der Waals surface area contributed by atoms with E-state index in [9.17, 15) is 9.59 Å². The van der Waals surface area contributed by atoms with Crippen LogP contribution in [0.3, 0.4) is 0 Å². The van der Waals surface area contributed by atoms with Gasteiger partial charge in [-0.3, -0.25) is 9.79 Å². The Labute approximate surface area is 145 Å². The van der Waals surface area contributed by atoms with E-state index >= 15 is 0 Å². The summed E-state index contributed by atoms with van der Waals surface area (Å²) in [5.41, 5.74) is 1.16. The SMILES string of the molecule is CCCC(=O)Oc1ccc(C=Nc2ccccc2C(=O)O)cc1OC. The summed E-state index contributed by atoms with van der Waals surface area (Å²) in [6, 6.07) is 11.5. The lowest BCUT2D eigenvalue weighted by atomic mass is 10.2. The summed E-state index contributed by atoms with van der Waals surface area (Å²) < 4.78 is 10.5. The molecule has 0 amide bonds. The Hall–Kier alpha value is -3.15. The van der Waals surface area contributed by atoms with Crippen LogP contribution in [0.4, 0.5) is 5.69 Å². The summed E-state index contributed by atoms with van der Waals surface area (Å²) in [5, 5.41) is 9.17. The fraction of sp³-hybridized carbons (Fsp3) is 0.211. The summed E-state index contributed by atoms with van der Waals surface area (Å²) in [5.74, 6) is -0.620. The number of hydrogen-bond acceptors (Lipinski definition) is 5. The normalized spacial score (nSPS) is 10.6. The van der Waals surface area contributed by atoms with E-state index in [-0.39, 0.29) is 11.5 Å². The number of rotatable bonds is 7. The predicted octanol–water partition coefficient (Wildman–Crippen LogP) is 3.85. The number of methoxy groups -OCH3 is 1. The Bertz CT molecular complexity index is 798. The second-order valence-corrected chi connectivity index (χ2v) is 5.21. The smallest absolute Gasteiger partial charge is 0.337 e. The molecule has 0 saturated carbocycles. The number of ether oxygens (including phenoxy) is 2. The summed E-state index contributed by atoms with van der Waals surface area (Å²) in [6.07, 6.45) is 2.56. The molecular formula is C19H19NO5. The van der Waals surface area contributed by atoms with E-state index in [0.29, 0.717) is 35.6 Å². The zero-order chi connectivity index (χ0) is 18.2. The molecule has 0 radical (unpaired) electrons. The standard InChI is InChI=1S/C19H19NO5/c1-3-6-18(21)25-16-10-9-13(11-17(16)24-2)12-20-15-8-5-4-7-14(15)19(22)23/h4-5,7-12H,3,6H2,1-2H3,(H,22,23). The third kappa shape index (κ3) is 4.91. The monoisotopic (exact) mass is 341 g/mol. The van der Waals surface area contributed by atoms with E-state index in [1.807, 2.05) is 6.92 Å². The molecule has 6 heteroatoms. The van der Waals surface area contributed by atoms with Crippen molar-refractivity contribution in [2.24, 2.45) is 4.99 Å². The molecule has 0 fully saturated rings. The molecule has 2 aromatic carbocycles. The Kier molecular flexibility index (Phi) is 6.28. The quantitative estimate of drug-likeness (QED) is 0.470. The molecule has 0 unspecified atom stereocenters. The number of carbonyl (C=O) groups is 2. The van der Waals surface area contributed by atoms with Gasteiger partial charge in [-0.1, -0.05) is 19.1 Å². The third-order valence-corrected chi connectivity index (χ3v) is 3.35. The molecule has 0 aliphatic heterocycles.